The fourth-order valence-electron chi connectivity index (χ4n) is 5.14. The van der Waals surface area contributed by atoms with E-state index in [0.29, 0.717) is 12.5 Å². The summed E-state index contributed by atoms with van der Waals surface area (Å²) in [6.07, 6.45) is 33.2. The van der Waals surface area contributed by atoms with Gasteiger partial charge in [-0.1, -0.05) is 169 Å². The molecule has 0 radical (unpaired) electrons. The highest BCUT2D eigenvalue weighted by Crippen LogP contribution is 2.21. The second kappa shape index (κ2) is 28.0. The largest absolute Gasteiger partial charge is 0.465 e. The van der Waals surface area contributed by atoms with E-state index in [9.17, 15) is 4.79 Å². The summed E-state index contributed by atoms with van der Waals surface area (Å²) in [5, 5.41) is 0. The van der Waals surface area contributed by atoms with Gasteiger partial charge in [0.2, 0.25) is 0 Å². The molecular formula is C33H66O2. The van der Waals surface area contributed by atoms with E-state index in [1.54, 1.807) is 0 Å². The molecule has 0 aromatic carbocycles. The maximum Gasteiger partial charge on any atom is 0.308 e. The predicted molar refractivity (Wildman–Crippen MR) is 156 cm³/mol. The Hall–Kier alpha value is -0.530. The molecule has 0 aromatic rings. The van der Waals surface area contributed by atoms with Crippen LogP contribution in [0.2, 0.25) is 0 Å². The van der Waals surface area contributed by atoms with Gasteiger partial charge in [-0.3, -0.25) is 4.79 Å². The van der Waals surface area contributed by atoms with Crippen LogP contribution in [0.3, 0.4) is 0 Å². The van der Waals surface area contributed by atoms with E-state index < -0.39 is 0 Å². The third-order valence-electron chi connectivity index (χ3n) is 7.79. The molecule has 0 heterocycles. The second-order valence-electron chi connectivity index (χ2n) is 11.5. The summed E-state index contributed by atoms with van der Waals surface area (Å²) in [6.45, 7) is 9.56. The van der Waals surface area contributed by atoms with Crippen LogP contribution in [0.5, 0.6) is 0 Å². The van der Waals surface area contributed by atoms with Crippen molar-refractivity contribution in [1.82, 2.24) is 0 Å². The third kappa shape index (κ3) is 24.9. The van der Waals surface area contributed by atoms with Gasteiger partial charge in [0.05, 0.1) is 12.5 Å². The van der Waals surface area contributed by atoms with E-state index in [1.165, 1.54) is 154 Å². The lowest BCUT2D eigenvalue weighted by atomic mass is 9.94. The summed E-state index contributed by atoms with van der Waals surface area (Å²) in [5.74, 6) is 0.683. The summed E-state index contributed by atoms with van der Waals surface area (Å²) in [5.41, 5.74) is 0. The van der Waals surface area contributed by atoms with E-state index in [1.807, 2.05) is 0 Å². The number of hydrogen-bond acceptors (Lipinski definition) is 2. The topological polar surface area (TPSA) is 26.3 Å². The van der Waals surface area contributed by atoms with Gasteiger partial charge in [-0.2, -0.15) is 0 Å². The second-order valence-corrected chi connectivity index (χ2v) is 11.5. The first kappa shape index (κ1) is 34.5. The van der Waals surface area contributed by atoms with E-state index >= 15 is 0 Å². The number of unbranched alkanes of at least 4 members (excludes halogenated alkanes) is 19. The Bertz CT molecular complexity index is 419. The molecule has 2 heteroatoms. The molecule has 2 nitrogen and oxygen atoms in total. The number of carbonyl (C=O) groups excluding carboxylic acids is 1. The normalized spacial score (nSPS) is 13.1. The molecule has 0 saturated heterocycles. The number of carbonyl (C=O) groups is 1. The van der Waals surface area contributed by atoms with Gasteiger partial charge >= 0.3 is 5.97 Å². The van der Waals surface area contributed by atoms with E-state index in [0.717, 1.165) is 6.42 Å². The van der Waals surface area contributed by atoms with Gasteiger partial charge in [-0.15, -0.1) is 0 Å². The first-order chi connectivity index (χ1) is 17.2. The van der Waals surface area contributed by atoms with Gasteiger partial charge in [-0.05, 0) is 25.2 Å². The molecule has 2 atom stereocenters. The molecule has 0 aliphatic carbocycles. The average Bonchev–Trinajstić information content (AvgIpc) is 2.86. The SMILES string of the molecule is CCCCCCCCCCCCC(CCCCCC)COC(=O)C(C)CCCCCCCCCC. The average molecular weight is 495 g/mol. The molecule has 0 bridgehead atoms. The summed E-state index contributed by atoms with van der Waals surface area (Å²) in [7, 11) is 0. The standard InChI is InChI=1S/C33H66O2/c1-5-8-11-14-16-18-19-21-23-26-29-32(28-25-13-10-7-3)30-35-33(34)31(4)27-24-22-20-17-15-12-9-6-2/h31-32H,5-30H2,1-4H3. The lowest BCUT2D eigenvalue weighted by molar-refractivity contribution is -0.149. The zero-order valence-corrected chi connectivity index (χ0v) is 24.9. The van der Waals surface area contributed by atoms with Crippen LogP contribution >= 0.6 is 0 Å². The Labute approximate surface area is 222 Å². The summed E-state index contributed by atoms with van der Waals surface area (Å²) >= 11 is 0. The van der Waals surface area contributed by atoms with Crippen LogP contribution in [0, 0.1) is 11.8 Å². The molecule has 0 aromatic heterocycles. The Balaban J connectivity index is 4.00. The maximum atomic E-state index is 12.6. The Morgan fingerprint density at radius 3 is 1.20 bits per heavy atom. The van der Waals surface area contributed by atoms with Crippen molar-refractivity contribution in [3.8, 4) is 0 Å². The van der Waals surface area contributed by atoms with Crippen molar-refractivity contribution in [3.63, 3.8) is 0 Å². The zero-order valence-electron chi connectivity index (χ0n) is 24.9. The van der Waals surface area contributed by atoms with Crippen molar-refractivity contribution in [3.05, 3.63) is 0 Å². The molecule has 0 saturated carbocycles. The minimum Gasteiger partial charge on any atom is -0.465 e. The number of rotatable bonds is 28. The maximum absolute atomic E-state index is 12.6. The minimum absolute atomic E-state index is 0.0505. The molecule has 210 valence electrons. The van der Waals surface area contributed by atoms with Crippen molar-refractivity contribution < 1.29 is 9.53 Å². The number of esters is 1. The Morgan fingerprint density at radius 1 is 0.486 bits per heavy atom. The van der Waals surface area contributed by atoms with Crippen molar-refractivity contribution in [1.29, 1.82) is 0 Å². The fourth-order valence-corrected chi connectivity index (χ4v) is 5.14. The van der Waals surface area contributed by atoms with Gasteiger partial charge in [0.1, 0.15) is 0 Å². The summed E-state index contributed by atoms with van der Waals surface area (Å²) in [6, 6.07) is 0. The van der Waals surface area contributed by atoms with Gasteiger partial charge < -0.3 is 4.74 Å². The molecule has 0 rings (SSSR count). The van der Waals surface area contributed by atoms with Gasteiger partial charge in [0.15, 0.2) is 0 Å². The van der Waals surface area contributed by atoms with Crippen LogP contribution in [0.25, 0.3) is 0 Å². The summed E-state index contributed by atoms with van der Waals surface area (Å²) < 4.78 is 5.85. The molecule has 35 heavy (non-hydrogen) atoms. The molecule has 0 amide bonds. The fraction of sp³-hybridized carbons (Fsp3) is 0.970. The quantitative estimate of drug-likeness (QED) is 0.0798. The summed E-state index contributed by atoms with van der Waals surface area (Å²) in [4.78, 5) is 12.6. The van der Waals surface area contributed by atoms with E-state index in [4.69, 9.17) is 4.74 Å². The van der Waals surface area contributed by atoms with Gasteiger partial charge in [-0.25, -0.2) is 0 Å². The van der Waals surface area contributed by atoms with Gasteiger partial charge in [0, 0.05) is 0 Å². The van der Waals surface area contributed by atoms with E-state index in [2.05, 4.69) is 27.7 Å². The molecule has 0 spiro atoms. The molecular weight excluding hydrogens is 428 g/mol. The van der Waals surface area contributed by atoms with Crippen molar-refractivity contribution in [2.24, 2.45) is 11.8 Å². The van der Waals surface area contributed by atoms with E-state index in [-0.39, 0.29) is 11.9 Å². The van der Waals surface area contributed by atoms with Crippen LogP contribution in [0.1, 0.15) is 188 Å². The van der Waals surface area contributed by atoms with Crippen LogP contribution in [0.15, 0.2) is 0 Å². The molecule has 2 unspecified atom stereocenters. The highest BCUT2D eigenvalue weighted by Gasteiger charge is 2.17. The lowest BCUT2D eigenvalue weighted by Crippen LogP contribution is -2.20. The predicted octanol–water partition coefficient (Wildman–Crippen LogP) is 11.6. The Kier molecular flexibility index (Phi) is 27.6. The highest BCUT2D eigenvalue weighted by atomic mass is 16.5. The lowest BCUT2D eigenvalue weighted by Gasteiger charge is -2.19. The van der Waals surface area contributed by atoms with Gasteiger partial charge in [0.25, 0.3) is 0 Å². The Morgan fingerprint density at radius 2 is 0.800 bits per heavy atom. The highest BCUT2D eigenvalue weighted by molar-refractivity contribution is 5.71. The van der Waals surface area contributed by atoms with Crippen LogP contribution in [-0.2, 0) is 9.53 Å². The number of hydrogen-bond donors (Lipinski definition) is 0. The van der Waals surface area contributed by atoms with Crippen LogP contribution in [0.4, 0.5) is 0 Å². The van der Waals surface area contributed by atoms with Crippen molar-refractivity contribution in [2.45, 2.75) is 188 Å². The van der Waals surface area contributed by atoms with Crippen LogP contribution in [-0.4, -0.2) is 12.6 Å². The van der Waals surface area contributed by atoms with Crippen molar-refractivity contribution in [2.75, 3.05) is 6.61 Å². The number of ether oxygens (including phenoxy) is 1. The molecule has 0 N–H and O–H groups in total. The third-order valence-corrected chi connectivity index (χ3v) is 7.79. The molecule has 0 fully saturated rings. The van der Waals surface area contributed by atoms with Crippen LogP contribution < -0.4 is 0 Å². The minimum atomic E-state index is 0.0505. The zero-order chi connectivity index (χ0) is 25.8. The molecule has 0 aliphatic rings. The smallest absolute Gasteiger partial charge is 0.308 e. The molecule has 0 aliphatic heterocycles. The monoisotopic (exact) mass is 495 g/mol. The van der Waals surface area contributed by atoms with Crippen molar-refractivity contribution >= 4 is 5.97 Å². The first-order valence-corrected chi connectivity index (χ1v) is 16.3. The first-order valence-electron chi connectivity index (χ1n) is 16.3.